The Kier molecular flexibility index (Phi) is 20.6. The van der Waals surface area contributed by atoms with Crippen molar-refractivity contribution in [2.75, 3.05) is 0 Å². The fourth-order valence-corrected chi connectivity index (χ4v) is 4.79. The minimum Gasteiger partial charge on any atom is -0.455 e. The van der Waals surface area contributed by atoms with Crippen molar-refractivity contribution in [3.05, 3.63) is 23.8 Å². The van der Waals surface area contributed by atoms with Crippen LogP contribution in [0.2, 0.25) is 0 Å². The highest BCUT2D eigenvalue weighted by atomic mass is 16.5. The van der Waals surface area contributed by atoms with Crippen LogP contribution in [0, 0.1) is 0 Å². The molecule has 1 rings (SSSR count). The number of hydrogen-bond acceptors (Lipinski definition) is 2. The van der Waals surface area contributed by atoms with Gasteiger partial charge in [0, 0.05) is 5.57 Å². The van der Waals surface area contributed by atoms with E-state index in [1.165, 1.54) is 135 Å². The molecule has 0 unspecified atom stereocenters. The molecule has 1 atom stereocenters. The lowest BCUT2D eigenvalue weighted by molar-refractivity contribution is -0.139. The SMILES string of the molecule is CCCCCCCC/C=C\CCCCCCCCCCCCCCCCC1=C[C@@H](C)OC1=O. The maximum Gasteiger partial charge on any atom is 0.334 e. The van der Waals surface area contributed by atoms with Crippen molar-refractivity contribution in [3.8, 4) is 0 Å². The van der Waals surface area contributed by atoms with E-state index in [9.17, 15) is 4.79 Å². The summed E-state index contributed by atoms with van der Waals surface area (Å²) in [4.78, 5) is 11.6. The van der Waals surface area contributed by atoms with Gasteiger partial charge in [0.15, 0.2) is 0 Å². The lowest BCUT2D eigenvalue weighted by Gasteiger charge is -2.04. The van der Waals surface area contributed by atoms with Crippen molar-refractivity contribution in [1.82, 2.24) is 0 Å². The number of carbonyl (C=O) groups excluding carboxylic acids is 1. The molecule has 0 amide bonds. The number of esters is 1. The van der Waals surface area contributed by atoms with Crippen LogP contribution < -0.4 is 0 Å². The third-order valence-electron chi connectivity index (χ3n) is 6.95. The summed E-state index contributed by atoms with van der Waals surface area (Å²) in [5.41, 5.74) is 0.901. The van der Waals surface area contributed by atoms with Crippen LogP contribution in [0.5, 0.6) is 0 Å². The number of rotatable bonds is 24. The number of carbonyl (C=O) groups is 1. The van der Waals surface area contributed by atoms with Gasteiger partial charge in [0.05, 0.1) is 0 Å². The van der Waals surface area contributed by atoms with Crippen LogP contribution in [0.4, 0.5) is 0 Å². The van der Waals surface area contributed by atoms with E-state index in [2.05, 4.69) is 19.1 Å². The molecule has 1 heterocycles. The van der Waals surface area contributed by atoms with Gasteiger partial charge in [0.25, 0.3) is 0 Å². The fourth-order valence-electron chi connectivity index (χ4n) is 4.79. The van der Waals surface area contributed by atoms with Gasteiger partial charge in [-0.2, -0.15) is 0 Å². The van der Waals surface area contributed by atoms with Crippen LogP contribution >= 0.6 is 0 Å². The average Bonchev–Trinajstić information content (AvgIpc) is 3.13. The van der Waals surface area contributed by atoms with Crippen LogP contribution in [0.15, 0.2) is 23.8 Å². The molecule has 1 aliphatic heterocycles. The quantitative estimate of drug-likeness (QED) is 0.0813. The Hall–Kier alpha value is -1.05. The maximum atomic E-state index is 11.6. The summed E-state index contributed by atoms with van der Waals surface area (Å²) in [7, 11) is 0. The van der Waals surface area contributed by atoms with Crippen LogP contribution in [-0.4, -0.2) is 12.1 Å². The number of unbranched alkanes of at least 4 members (excludes halogenated alkanes) is 20. The molecular formula is C31H56O2. The zero-order valence-corrected chi connectivity index (χ0v) is 22.4. The number of cyclic esters (lactones) is 1. The molecule has 0 saturated carbocycles. The Balaban J connectivity index is 1.69. The smallest absolute Gasteiger partial charge is 0.334 e. The molecule has 0 N–H and O–H groups in total. The summed E-state index contributed by atoms with van der Waals surface area (Å²) < 4.78 is 5.15. The first kappa shape index (κ1) is 30.0. The molecule has 0 aromatic rings. The largest absolute Gasteiger partial charge is 0.455 e. The predicted octanol–water partition coefficient (Wildman–Crippen LogP) is 10.4. The Labute approximate surface area is 207 Å². The summed E-state index contributed by atoms with van der Waals surface area (Å²) >= 11 is 0. The molecule has 2 heteroatoms. The summed E-state index contributed by atoms with van der Waals surface area (Å²) in [6.07, 6.45) is 37.9. The second-order valence-corrected chi connectivity index (χ2v) is 10.3. The monoisotopic (exact) mass is 460 g/mol. The number of allylic oxidation sites excluding steroid dienone is 2. The number of ether oxygens (including phenoxy) is 1. The van der Waals surface area contributed by atoms with Crippen LogP contribution in [0.3, 0.4) is 0 Å². The van der Waals surface area contributed by atoms with E-state index >= 15 is 0 Å². The van der Waals surface area contributed by atoms with E-state index in [1.54, 1.807) is 0 Å². The maximum absolute atomic E-state index is 11.6. The van der Waals surface area contributed by atoms with Gasteiger partial charge in [0.1, 0.15) is 6.10 Å². The first-order valence-electron chi connectivity index (χ1n) is 14.8. The van der Waals surface area contributed by atoms with Crippen LogP contribution in [0.1, 0.15) is 162 Å². The van der Waals surface area contributed by atoms with Crippen molar-refractivity contribution in [3.63, 3.8) is 0 Å². The standard InChI is InChI=1S/C31H56O2/c1-3-4-5-6-7-8-9-10-11-12-13-14-15-16-17-18-19-20-21-22-23-24-25-26-27-30-28-29(2)33-31(30)32/h10-11,28-29H,3-9,12-27H2,1-2H3/b11-10-/t29-/m1/s1. The van der Waals surface area contributed by atoms with Crippen LogP contribution in [-0.2, 0) is 9.53 Å². The van der Waals surface area contributed by atoms with E-state index in [-0.39, 0.29) is 12.1 Å². The highest BCUT2D eigenvalue weighted by Gasteiger charge is 2.21. The molecule has 0 aromatic carbocycles. The summed E-state index contributed by atoms with van der Waals surface area (Å²) in [5.74, 6) is -0.0891. The van der Waals surface area contributed by atoms with Crippen LogP contribution in [0.25, 0.3) is 0 Å². The van der Waals surface area contributed by atoms with Gasteiger partial charge in [-0.15, -0.1) is 0 Å². The molecule has 0 saturated heterocycles. The molecule has 0 fully saturated rings. The molecule has 1 aliphatic rings. The van der Waals surface area contributed by atoms with Gasteiger partial charge in [-0.05, 0) is 51.5 Å². The molecule has 0 bridgehead atoms. The second-order valence-electron chi connectivity index (χ2n) is 10.3. The Morgan fingerprint density at radius 3 is 1.42 bits per heavy atom. The molecule has 2 nitrogen and oxygen atoms in total. The van der Waals surface area contributed by atoms with E-state index in [1.807, 2.05) is 13.0 Å². The van der Waals surface area contributed by atoms with E-state index in [0.29, 0.717) is 0 Å². The van der Waals surface area contributed by atoms with Crippen molar-refractivity contribution >= 4 is 5.97 Å². The van der Waals surface area contributed by atoms with Gasteiger partial charge < -0.3 is 4.74 Å². The summed E-state index contributed by atoms with van der Waals surface area (Å²) in [5, 5.41) is 0. The minimum absolute atomic E-state index is 0.0145. The molecule has 33 heavy (non-hydrogen) atoms. The Morgan fingerprint density at radius 1 is 0.636 bits per heavy atom. The van der Waals surface area contributed by atoms with Gasteiger partial charge in [0.2, 0.25) is 0 Å². The van der Waals surface area contributed by atoms with Crippen molar-refractivity contribution in [2.45, 2.75) is 168 Å². The molecule has 0 aliphatic carbocycles. The molecule has 192 valence electrons. The van der Waals surface area contributed by atoms with Crippen molar-refractivity contribution in [1.29, 1.82) is 0 Å². The third kappa shape index (κ3) is 19.0. The Bertz CT molecular complexity index is 505. The van der Waals surface area contributed by atoms with Gasteiger partial charge in [-0.1, -0.05) is 128 Å². The minimum atomic E-state index is -0.0891. The Morgan fingerprint density at radius 2 is 1.03 bits per heavy atom. The molecular weight excluding hydrogens is 404 g/mol. The van der Waals surface area contributed by atoms with Crippen molar-refractivity contribution in [2.24, 2.45) is 0 Å². The molecule has 0 spiro atoms. The number of hydrogen-bond donors (Lipinski definition) is 0. The zero-order valence-electron chi connectivity index (χ0n) is 22.4. The fraction of sp³-hybridized carbons (Fsp3) is 0.839. The lowest BCUT2D eigenvalue weighted by Crippen LogP contribution is -2.03. The van der Waals surface area contributed by atoms with Gasteiger partial charge in [-0.3, -0.25) is 0 Å². The topological polar surface area (TPSA) is 26.3 Å². The third-order valence-corrected chi connectivity index (χ3v) is 6.95. The highest BCUT2D eigenvalue weighted by molar-refractivity contribution is 5.90. The van der Waals surface area contributed by atoms with Gasteiger partial charge >= 0.3 is 5.97 Å². The molecule has 0 aromatic heterocycles. The predicted molar refractivity (Wildman–Crippen MR) is 145 cm³/mol. The summed E-state index contributed by atoms with van der Waals surface area (Å²) in [6, 6.07) is 0. The van der Waals surface area contributed by atoms with E-state index < -0.39 is 0 Å². The second kappa shape index (κ2) is 22.7. The first-order chi connectivity index (χ1) is 16.2. The van der Waals surface area contributed by atoms with Crippen molar-refractivity contribution < 1.29 is 9.53 Å². The van der Waals surface area contributed by atoms with E-state index in [4.69, 9.17) is 4.74 Å². The normalized spacial score (nSPS) is 16.0. The van der Waals surface area contributed by atoms with E-state index in [0.717, 1.165) is 18.4 Å². The highest BCUT2D eigenvalue weighted by Crippen LogP contribution is 2.20. The molecule has 0 radical (unpaired) electrons. The lowest BCUT2D eigenvalue weighted by atomic mass is 10.0. The first-order valence-corrected chi connectivity index (χ1v) is 14.8. The average molecular weight is 461 g/mol. The zero-order chi connectivity index (χ0) is 23.8. The summed E-state index contributed by atoms with van der Waals surface area (Å²) in [6.45, 7) is 4.22. The van der Waals surface area contributed by atoms with Gasteiger partial charge in [-0.25, -0.2) is 4.79 Å².